The summed E-state index contributed by atoms with van der Waals surface area (Å²) in [6.07, 6.45) is 4.18. The van der Waals surface area contributed by atoms with Crippen molar-refractivity contribution < 1.29 is 4.84 Å². The second-order valence-corrected chi connectivity index (χ2v) is 5.80. The van der Waals surface area contributed by atoms with Crippen molar-refractivity contribution in [1.82, 2.24) is 20.2 Å². The summed E-state index contributed by atoms with van der Waals surface area (Å²) in [7, 11) is 1.63. The Bertz CT molecular complexity index is 693. The minimum absolute atomic E-state index is 0.473. The largest absolute Gasteiger partial charge is 0.399 e. The maximum Gasteiger partial charge on any atom is 0.161 e. The zero-order valence-corrected chi connectivity index (χ0v) is 12.2. The molecule has 7 heteroatoms. The lowest BCUT2D eigenvalue weighted by Crippen LogP contribution is -2.43. The Hall–Kier alpha value is -2.18. The van der Waals surface area contributed by atoms with Gasteiger partial charge in [0.05, 0.1) is 17.3 Å². The highest BCUT2D eigenvalue weighted by Crippen LogP contribution is 2.37. The number of hydrogen-bond acceptors (Lipinski definition) is 6. The van der Waals surface area contributed by atoms with E-state index in [-0.39, 0.29) is 0 Å². The van der Waals surface area contributed by atoms with Gasteiger partial charge in [-0.15, -0.1) is 0 Å². The van der Waals surface area contributed by atoms with E-state index in [1.807, 2.05) is 13.1 Å². The van der Waals surface area contributed by atoms with Crippen LogP contribution in [0.1, 0.15) is 18.7 Å². The normalized spacial score (nSPS) is 24.7. The fraction of sp³-hybridized carbons (Fsp3) is 0.571. The van der Waals surface area contributed by atoms with Gasteiger partial charge in [0.2, 0.25) is 0 Å². The number of anilines is 1. The molecule has 1 aliphatic carbocycles. The Morgan fingerprint density at radius 1 is 1.29 bits per heavy atom. The Balaban J connectivity index is 1.72. The molecule has 1 saturated heterocycles. The topological polar surface area (TPSA) is 79.3 Å². The quantitative estimate of drug-likeness (QED) is 0.847. The summed E-state index contributed by atoms with van der Waals surface area (Å²) in [5, 5.41) is 12.3. The predicted octanol–water partition coefficient (Wildman–Crippen LogP) is 1.51. The van der Waals surface area contributed by atoms with Crippen LogP contribution in [0.15, 0.2) is 11.4 Å². The van der Waals surface area contributed by atoms with E-state index in [0.717, 1.165) is 35.8 Å². The molecule has 2 atom stereocenters. The van der Waals surface area contributed by atoms with Crippen molar-refractivity contribution >= 4 is 22.6 Å². The van der Waals surface area contributed by atoms with Gasteiger partial charge < -0.3 is 9.74 Å². The zero-order chi connectivity index (χ0) is 14.4. The number of aryl methyl sites for hydroxylation is 1. The van der Waals surface area contributed by atoms with Gasteiger partial charge in [0.15, 0.2) is 5.65 Å². The third kappa shape index (κ3) is 1.95. The third-order valence-corrected chi connectivity index (χ3v) is 4.48. The number of piperidine rings is 1. The molecule has 21 heavy (non-hydrogen) atoms. The lowest BCUT2D eigenvalue weighted by atomic mass is 9.96. The Morgan fingerprint density at radius 2 is 2.05 bits per heavy atom. The molecule has 7 nitrogen and oxygen atoms in total. The number of fused-ring (bicyclic) bond motifs is 3. The molecule has 0 radical (unpaired) electrons. The molecular weight excluding hydrogens is 268 g/mol. The van der Waals surface area contributed by atoms with E-state index in [2.05, 4.69) is 30.2 Å². The number of H-pyrrole nitrogens is 1. The smallest absolute Gasteiger partial charge is 0.161 e. The van der Waals surface area contributed by atoms with Crippen molar-refractivity contribution in [3.63, 3.8) is 0 Å². The van der Waals surface area contributed by atoms with Crippen LogP contribution in [0.4, 0.5) is 5.82 Å². The van der Waals surface area contributed by atoms with Crippen LogP contribution in [0.3, 0.4) is 0 Å². The number of nitrogens with one attached hydrogen (secondary N) is 1. The Labute approximate surface area is 122 Å². The van der Waals surface area contributed by atoms with E-state index in [1.165, 1.54) is 18.6 Å². The number of rotatable bonds is 2. The Morgan fingerprint density at radius 3 is 2.76 bits per heavy atom. The van der Waals surface area contributed by atoms with Crippen molar-refractivity contribution in [2.75, 3.05) is 25.1 Å². The SMILES string of the molecule is CON=C1C2CCC1CN(c1nc(C)nc3[nH]ncc13)C2. The summed E-state index contributed by atoms with van der Waals surface area (Å²) in [4.78, 5) is 16.4. The number of aromatic amines is 1. The Kier molecular flexibility index (Phi) is 2.80. The van der Waals surface area contributed by atoms with E-state index in [0.29, 0.717) is 11.8 Å². The monoisotopic (exact) mass is 286 g/mol. The van der Waals surface area contributed by atoms with Crippen LogP contribution < -0.4 is 4.90 Å². The lowest BCUT2D eigenvalue weighted by Gasteiger charge is -2.33. The van der Waals surface area contributed by atoms with Gasteiger partial charge >= 0.3 is 0 Å². The standard InChI is InChI=1S/C14H18N6O/c1-8-16-13-11(5-15-18-13)14(17-8)20-6-9-3-4-10(7-20)12(9)19-21-2/h5,9-10H,3-4,6-7H2,1-2H3,(H,15,16,17,18). The molecule has 2 aromatic heterocycles. The highest BCUT2D eigenvalue weighted by molar-refractivity contribution is 5.94. The van der Waals surface area contributed by atoms with Gasteiger partial charge in [-0.3, -0.25) is 5.10 Å². The van der Waals surface area contributed by atoms with E-state index in [4.69, 9.17) is 4.84 Å². The molecule has 2 aliphatic rings. The van der Waals surface area contributed by atoms with Crippen LogP contribution in [0.2, 0.25) is 0 Å². The molecule has 0 amide bonds. The highest BCUT2D eigenvalue weighted by Gasteiger charge is 2.40. The van der Waals surface area contributed by atoms with Gasteiger partial charge in [-0.2, -0.15) is 5.10 Å². The maximum atomic E-state index is 5.01. The van der Waals surface area contributed by atoms with Crippen LogP contribution in [-0.2, 0) is 4.84 Å². The van der Waals surface area contributed by atoms with Crippen LogP contribution >= 0.6 is 0 Å². The number of hydrogen-bond donors (Lipinski definition) is 1. The number of nitrogens with zero attached hydrogens (tertiary/aromatic N) is 5. The fourth-order valence-corrected chi connectivity index (χ4v) is 3.60. The summed E-state index contributed by atoms with van der Waals surface area (Å²) in [5.74, 6) is 2.70. The third-order valence-electron chi connectivity index (χ3n) is 4.48. The summed E-state index contributed by atoms with van der Waals surface area (Å²) < 4.78 is 0. The minimum Gasteiger partial charge on any atom is -0.399 e. The van der Waals surface area contributed by atoms with Crippen LogP contribution in [0.5, 0.6) is 0 Å². The summed E-state index contributed by atoms with van der Waals surface area (Å²) in [5.41, 5.74) is 2.03. The van der Waals surface area contributed by atoms with E-state index < -0.39 is 0 Å². The molecule has 2 unspecified atom stereocenters. The average Bonchev–Trinajstić information content (AvgIpc) is 3.00. The first kappa shape index (κ1) is 12.6. The van der Waals surface area contributed by atoms with Gasteiger partial charge in [0.25, 0.3) is 0 Å². The maximum absolute atomic E-state index is 5.01. The molecule has 4 rings (SSSR count). The van der Waals surface area contributed by atoms with Crippen molar-refractivity contribution in [2.24, 2.45) is 17.0 Å². The first-order valence-corrected chi connectivity index (χ1v) is 7.30. The molecule has 0 spiro atoms. The second kappa shape index (κ2) is 4.68. The molecule has 3 heterocycles. The first-order chi connectivity index (χ1) is 10.3. The zero-order valence-electron chi connectivity index (χ0n) is 12.2. The number of aromatic nitrogens is 4. The molecule has 1 N–H and O–H groups in total. The van der Waals surface area contributed by atoms with Crippen LogP contribution in [-0.4, -0.2) is 46.1 Å². The first-order valence-electron chi connectivity index (χ1n) is 7.30. The fourth-order valence-electron chi connectivity index (χ4n) is 3.60. The highest BCUT2D eigenvalue weighted by atomic mass is 16.6. The van der Waals surface area contributed by atoms with Crippen molar-refractivity contribution in [2.45, 2.75) is 19.8 Å². The van der Waals surface area contributed by atoms with Gasteiger partial charge in [0, 0.05) is 24.9 Å². The second-order valence-electron chi connectivity index (χ2n) is 5.80. The van der Waals surface area contributed by atoms with Crippen molar-refractivity contribution in [3.05, 3.63) is 12.0 Å². The van der Waals surface area contributed by atoms with Gasteiger partial charge in [-0.25, -0.2) is 9.97 Å². The van der Waals surface area contributed by atoms with E-state index >= 15 is 0 Å². The molecule has 0 aromatic carbocycles. The van der Waals surface area contributed by atoms with Crippen LogP contribution in [0, 0.1) is 18.8 Å². The van der Waals surface area contributed by atoms with Crippen molar-refractivity contribution in [3.8, 4) is 0 Å². The summed E-state index contributed by atoms with van der Waals surface area (Å²) in [6, 6.07) is 0. The van der Waals surface area contributed by atoms with Gasteiger partial charge in [-0.1, -0.05) is 5.16 Å². The lowest BCUT2D eigenvalue weighted by molar-refractivity contribution is 0.209. The number of oxime groups is 1. The van der Waals surface area contributed by atoms with Gasteiger partial charge in [-0.05, 0) is 19.8 Å². The molecule has 2 fully saturated rings. The molecule has 1 saturated carbocycles. The molecule has 110 valence electrons. The average molecular weight is 286 g/mol. The summed E-state index contributed by atoms with van der Waals surface area (Å²) in [6.45, 7) is 3.80. The summed E-state index contributed by atoms with van der Waals surface area (Å²) >= 11 is 0. The molecule has 2 bridgehead atoms. The molecule has 2 aromatic rings. The van der Waals surface area contributed by atoms with Crippen LogP contribution in [0.25, 0.3) is 11.0 Å². The molecule has 1 aliphatic heterocycles. The van der Waals surface area contributed by atoms with E-state index in [1.54, 1.807) is 7.11 Å². The van der Waals surface area contributed by atoms with E-state index in [9.17, 15) is 0 Å². The van der Waals surface area contributed by atoms with Crippen molar-refractivity contribution in [1.29, 1.82) is 0 Å². The minimum atomic E-state index is 0.473. The predicted molar refractivity (Wildman–Crippen MR) is 79.3 cm³/mol. The van der Waals surface area contributed by atoms with Gasteiger partial charge in [0.1, 0.15) is 18.8 Å². The molecular formula is C14H18N6O.